The van der Waals surface area contributed by atoms with Crippen LogP contribution >= 0.6 is 11.6 Å². The van der Waals surface area contributed by atoms with Gasteiger partial charge in [0.2, 0.25) is 5.28 Å². The summed E-state index contributed by atoms with van der Waals surface area (Å²) in [7, 11) is 0. The quantitative estimate of drug-likeness (QED) is 0.752. The minimum Gasteiger partial charge on any atom is -0.481 e. The van der Waals surface area contributed by atoms with Crippen molar-refractivity contribution in [3.63, 3.8) is 0 Å². The van der Waals surface area contributed by atoms with Crippen molar-refractivity contribution in [1.82, 2.24) is 14.5 Å². The molecule has 0 fully saturated rings. The van der Waals surface area contributed by atoms with Gasteiger partial charge in [-0.15, -0.1) is 0 Å². The zero-order valence-electron chi connectivity index (χ0n) is 10.3. The molecule has 2 aromatic heterocycles. The third-order valence-corrected chi connectivity index (χ3v) is 3.18. The van der Waals surface area contributed by atoms with Gasteiger partial charge in [-0.3, -0.25) is 4.79 Å². The Morgan fingerprint density at radius 2 is 2.10 bits per heavy atom. The van der Waals surface area contributed by atoms with Gasteiger partial charge in [0.15, 0.2) is 0 Å². The molecular formula is C14H10ClN3O2. The van der Waals surface area contributed by atoms with Crippen LogP contribution in [0.1, 0.15) is 5.56 Å². The van der Waals surface area contributed by atoms with Crippen molar-refractivity contribution in [1.29, 1.82) is 0 Å². The van der Waals surface area contributed by atoms with Crippen molar-refractivity contribution in [3.8, 4) is 5.82 Å². The molecule has 1 N–H and O–H groups in total. The summed E-state index contributed by atoms with van der Waals surface area (Å²) in [5, 5.41) is 10.0. The van der Waals surface area contributed by atoms with Crippen molar-refractivity contribution in [3.05, 3.63) is 53.6 Å². The summed E-state index contributed by atoms with van der Waals surface area (Å²) in [4.78, 5) is 19.0. The van der Waals surface area contributed by atoms with Gasteiger partial charge in [-0.1, -0.05) is 18.2 Å². The molecule has 2 heterocycles. The van der Waals surface area contributed by atoms with Crippen LogP contribution in [0.5, 0.6) is 0 Å². The Kier molecular flexibility index (Phi) is 3.12. The van der Waals surface area contributed by atoms with E-state index >= 15 is 0 Å². The molecule has 1 aromatic carbocycles. The molecule has 0 radical (unpaired) electrons. The van der Waals surface area contributed by atoms with Crippen LogP contribution in [0.4, 0.5) is 0 Å². The molecule has 5 nitrogen and oxygen atoms in total. The molecule has 3 rings (SSSR count). The van der Waals surface area contributed by atoms with E-state index in [9.17, 15) is 4.79 Å². The summed E-state index contributed by atoms with van der Waals surface area (Å²) in [6.45, 7) is 0. The van der Waals surface area contributed by atoms with Crippen LogP contribution in [0, 0.1) is 0 Å². The van der Waals surface area contributed by atoms with Crippen molar-refractivity contribution in [2.45, 2.75) is 6.42 Å². The van der Waals surface area contributed by atoms with Crippen LogP contribution in [0.3, 0.4) is 0 Å². The third kappa shape index (κ3) is 2.23. The fourth-order valence-electron chi connectivity index (χ4n) is 2.20. The summed E-state index contributed by atoms with van der Waals surface area (Å²) in [5.41, 5.74) is 1.63. The molecule has 0 saturated carbocycles. The number of carboxylic acid groups (broad SMARTS) is 1. The van der Waals surface area contributed by atoms with Crippen LogP contribution in [0.15, 0.2) is 42.7 Å². The molecule has 0 atom stereocenters. The van der Waals surface area contributed by atoms with E-state index in [1.54, 1.807) is 18.5 Å². The van der Waals surface area contributed by atoms with E-state index in [4.69, 9.17) is 16.7 Å². The molecule has 0 spiro atoms. The molecule has 3 aromatic rings. The number of nitrogens with zero attached hydrogens (tertiary/aromatic N) is 3. The zero-order valence-corrected chi connectivity index (χ0v) is 11.1. The number of rotatable bonds is 3. The van der Waals surface area contributed by atoms with E-state index in [2.05, 4.69) is 9.97 Å². The fraction of sp³-hybridized carbons (Fsp3) is 0.0714. The minimum absolute atomic E-state index is 0.0354. The van der Waals surface area contributed by atoms with E-state index in [0.717, 1.165) is 16.5 Å². The first-order chi connectivity index (χ1) is 9.65. The Labute approximate surface area is 119 Å². The summed E-state index contributed by atoms with van der Waals surface area (Å²) in [5.74, 6) is -0.258. The maximum absolute atomic E-state index is 11.0. The number of aliphatic carboxylic acids is 1. The second-order valence-corrected chi connectivity index (χ2v) is 4.63. The first-order valence-corrected chi connectivity index (χ1v) is 6.32. The highest BCUT2D eigenvalue weighted by Gasteiger charge is 2.12. The molecule has 20 heavy (non-hydrogen) atoms. The Morgan fingerprint density at radius 3 is 2.85 bits per heavy atom. The fourth-order valence-corrected chi connectivity index (χ4v) is 2.35. The van der Waals surface area contributed by atoms with Crippen molar-refractivity contribution in [2.24, 2.45) is 0 Å². The SMILES string of the molecule is O=C(O)Cc1cn(-c2ccnc(Cl)n2)c2ccccc12. The predicted octanol–water partition coefficient (Wildman–Crippen LogP) is 2.70. The van der Waals surface area contributed by atoms with E-state index in [1.807, 2.05) is 28.8 Å². The number of fused-ring (bicyclic) bond motifs is 1. The summed E-state index contributed by atoms with van der Waals surface area (Å²) >= 11 is 5.81. The first kappa shape index (κ1) is 12.6. The van der Waals surface area contributed by atoms with Crippen LogP contribution in [-0.4, -0.2) is 25.6 Å². The molecule has 0 saturated heterocycles. The van der Waals surface area contributed by atoms with Crippen molar-refractivity contribution < 1.29 is 9.90 Å². The molecule has 0 amide bonds. The molecule has 0 bridgehead atoms. The molecule has 0 aliphatic carbocycles. The normalized spacial score (nSPS) is 10.8. The van der Waals surface area contributed by atoms with Crippen LogP contribution < -0.4 is 0 Å². The second kappa shape index (κ2) is 4.94. The highest BCUT2D eigenvalue weighted by atomic mass is 35.5. The highest BCUT2D eigenvalue weighted by Crippen LogP contribution is 2.24. The van der Waals surface area contributed by atoms with Gasteiger partial charge >= 0.3 is 5.97 Å². The minimum atomic E-state index is -0.867. The Hall–Kier alpha value is -2.40. The maximum atomic E-state index is 11.0. The van der Waals surface area contributed by atoms with Gasteiger partial charge in [-0.25, -0.2) is 4.98 Å². The van der Waals surface area contributed by atoms with Gasteiger partial charge in [-0.05, 0) is 29.3 Å². The second-order valence-electron chi connectivity index (χ2n) is 4.30. The number of hydrogen-bond acceptors (Lipinski definition) is 3. The molecule has 0 aliphatic heterocycles. The van der Waals surface area contributed by atoms with Crippen LogP contribution in [-0.2, 0) is 11.2 Å². The molecule has 0 unspecified atom stereocenters. The third-order valence-electron chi connectivity index (χ3n) is 2.99. The lowest BCUT2D eigenvalue weighted by Crippen LogP contribution is -1.99. The topological polar surface area (TPSA) is 68.0 Å². The maximum Gasteiger partial charge on any atom is 0.307 e. The van der Waals surface area contributed by atoms with Crippen LogP contribution in [0.2, 0.25) is 5.28 Å². The Balaban J connectivity index is 2.23. The van der Waals surface area contributed by atoms with Gasteiger partial charge in [0.05, 0.1) is 11.9 Å². The van der Waals surface area contributed by atoms with Gasteiger partial charge < -0.3 is 9.67 Å². The molecule has 0 aliphatic rings. The summed E-state index contributed by atoms with van der Waals surface area (Å²) in [6, 6.07) is 9.31. The Bertz CT molecular complexity index is 798. The predicted molar refractivity (Wildman–Crippen MR) is 75.2 cm³/mol. The number of carbonyl (C=O) groups is 1. The average Bonchev–Trinajstić information content (AvgIpc) is 2.77. The number of benzene rings is 1. The Morgan fingerprint density at radius 1 is 1.30 bits per heavy atom. The summed E-state index contributed by atoms with van der Waals surface area (Å²) in [6.07, 6.45) is 3.31. The zero-order chi connectivity index (χ0) is 14.1. The number of carboxylic acids is 1. The number of para-hydroxylation sites is 1. The number of aromatic nitrogens is 3. The lowest BCUT2D eigenvalue weighted by atomic mass is 10.1. The van der Waals surface area contributed by atoms with E-state index < -0.39 is 5.97 Å². The van der Waals surface area contributed by atoms with Gasteiger partial charge in [-0.2, -0.15) is 4.98 Å². The van der Waals surface area contributed by atoms with Gasteiger partial charge in [0.1, 0.15) is 5.82 Å². The monoisotopic (exact) mass is 287 g/mol. The number of halogens is 1. The van der Waals surface area contributed by atoms with E-state index in [1.165, 1.54) is 0 Å². The van der Waals surface area contributed by atoms with Crippen molar-refractivity contribution in [2.75, 3.05) is 0 Å². The summed E-state index contributed by atoms with van der Waals surface area (Å²) < 4.78 is 1.82. The number of hydrogen-bond donors (Lipinski definition) is 1. The standard InChI is InChI=1S/C14H10ClN3O2/c15-14-16-6-5-12(17-14)18-8-9(7-13(19)20)10-3-1-2-4-11(10)18/h1-6,8H,7H2,(H,19,20). The van der Waals surface area contributed by atoms with Gasteiger partial charge in [0, 0.05) is 17.8 Å². The molecule has 6 heteroatoms. The largest absolute Gasteiger partial charge is 0.481 e. The van der Waals surface area contributed by atoms with E-state index in [0.29, 0.717) is 5.82 Å². The van der Waals surface area contributed by atoms with Gasteiger partial charge in [0.25, 0.3) is 0 Å². The molecule has 100 valence electrons. The lowest BCUT2D eigenvalue weighted by molar-refractivity contribution is -0.136. The lowest BCUT2D eigenvalue weighted by Gasteiger charge is -2.03. The molecular weight excluding hydrogens is 278 g/mol. The van der Waals surface area contributed by atoms with E-state index in [-0.39, 0.29) is 11.7 Å². The first-order valence-electron chi connectivity index (χ1n) is 5.95. The smallest absolute Gasteiger partial charge is 0.307 e. The highest BCUT2D eigenvalue weighted by molar-refractivity contribution is 6.28. The average molecular weight is 288 g/mol. The van der Waals surface area contributed by atoms with Crippen molar-refractivity contribution >= 4 is 28.5 Å². The van der Waals surface area contributed by atoms with Crippen LogP contribution in [0.25, 0.3) is 16.7 Å².